The molecule has 2 rings (SSSR count). The Labute approximate surface area is 184 Å². The fraction of sp³-hybridized carbons (Fsp3) is 0.450. The van der Waals surface area contributed by atoms with E-state index in [0.717, 1.165) is 6.07 Å². The first-order valence-electron chi connectivity index (χ1n) is 9.92. The Hall–Kier alpha value is -3.83. The van der Waals surface area contributed by atoms with E-state index in [1.807, 2.05) is 0 Å². The molecule has 0 saturated carbocycles. The number of amides is 3. The van der Waals surface area contributed by atoms with Gasteiger partial charge in [-0.05, 0) is 33.3 Å². The van der Waals surface area contributed by atoms with Crippen molar-refractivity contribution in [2.24, 2.45) is 0 Å². The lowest BCUT2D eigenvalue weighted by Gasteiger charge is -2.33. The van der Waals surface area contributed by atoms with Gasteiger partial charge in [-0.15, -0.1) is 0 Å². The summed E-state index contributed by atoms with van der Waals surface area (Å²) >= 11 is 0. The van der Waals surface area contributed by atoms with Crippen LogP contribution in [-0.2, 0) is 6.54 Å². The Morgan fingerprint density at radius 1 is 1.09 bits per heavy atom. The van der Waals surface area contributed by atoms with Crippen LogP contribution in [0, 0.1) is 10.1 Å². The zero-order chi connectivity index (χ0) is 24.2. The second-order valence-corrected chi connectivity index (χ2v) is 8.10. The van der Waals surface area contributed by atoms with Crippen LogP contribution in [0.15, 0.2) is 24.5 Å². The van der Waals surface area contributed by atoms with E-state index in [2.05, 4.69) is 10.6 Å². The van der Waals surface area contributed by atoms with Gasteiger partial charge in [0.1, 0.15) is 11.4 Å². The predicted octanol–water partition coefficient (Wildman–Crippen LogP) is 2.07. The summed E-state index contributed by atoms with van der Waals surface area (Å²) in [7, 11) is 2.89. The molecule has 174 valence electrons. The maximum atomic E-state index is 12.4. The zero-order valence-electron chi connectivity index (χ0n) is 18.7. The number of aryl methyl sites for hydroxylation is 1. The molecular weight excluding hydrogens is 420 g/mol. The maximum absolute atomic E-state index is 12.4. The standard InChI is InChI=1S/C20H28N6O6/c1-20(2,3)25(19(29)30)8-6-7-23-11-13(9-15(23)17(27)21-4)24-12-14(26(31)32)10-16(24)18(28)22-5/h9-12H,6-8H2,1-5H3,(H,21,27)(H,22,28)(H,29,30). The topological polar surface area (TPSA) is 152 Å². The van der Waals surface area contributed by atoms with Crippen molar-refractivity contribution in [3.63, 3.8) is 0 Å². The van der Waals surface area contributed by atoms with Gasteiger partial charge in [0, 0.05) is 45.0 Å². The van der Waals surface area contributed by atoms with E-state index < -0.39 is 22.5 Å². The van der Waals surface area contributed by atoms with Crippen LogP contribution in [0.3, 0.4) is 0 Å². The van der Waals surface area contributed by atoms with Crippen LogP contribution in [0.4, 0.5) is 10.5 Å². The van der Waals surface area contributed by atoms with Gasteiger partial charge in [0.2, 0.25) is 0 Å². The molecule has 0 spiro atoms. The van der Waals surface area contributed by atoms with Crippen LogP contribution >= 0.6 is 0 Å². The summed E-state index contributed by atoms with van der Waals surface area (Å²) in [6, 6.07) is 2.68. The third kappa shape index (κ3) is 5.25. The number of carbonyl (C=O) groups is 3. The number of hydrogen-bond acceptors (Lipinski definition) is 5. The van der Waals surface area contributed by atoms with Crippen LogP contribution in [0.2, 0.25) is 0 Å². The van der Waals surface area contributed by atoms with Crippen LogP contribution in [0.1, 0.15) is 48.2 Å². The molecule has 2 aromatic rings. The van der Waals surface area contributed by atoms with Crippen LogP contribution in [0.25, 0.3) is 5.69 Å². The largest absolute Gasteiger partial charge is 0.465 e. The highest BCUT2D eigenvalue weighted by molar-refractivity contribution is 5.95. The second kappa shape index (κ2) is 9.54. The number of carbonyl (C=O) groups excluding carboxylic acids is 2. The third-order valence-electron chi connectivity index (χ3n) is 4.92. The molecule has 12 nitrogen and oxygen atoms in total. The van der Waals surface area contributed by atoms with Gasteiger partial charge in [0.25, 0.3) is 17.5 Å². The molecule has 12 heteroatoms. The van der Waals surface area contributed by atoms with Crippen molar-refractivity contribution in [3.05, 3.63) is 46.0 Å². The first kappa shape index (κ1) is 24.4. The van der Waals surface area contributed by atoms with Crippen molar-refractivity contribution in [2.45, 2.75) is 39.3 Å². The van der Waals surface area contributed by atoms with Crippen LogP contribution in [0.5, 0.6) is 0 Å². The molecule has 0 atom stereocenters. The Kier molecular flexibility index (Phi) is 7.28. The molecule has 2 aromatic heterocycles. The first-order valence-corrected chi connectivity index (χ1v) is 9.92. The highest BCUT2D eigenvalue weighted by Crippen LogP contribution is 2.24. The Morgan fingerprint density at radius 3 is 2.19 bits per heavy atom. The summed E-state index contributed by atoms with van der Waals surface area (Å²) < 4.78 is 2.98. The van der Waals surface area contributed by atoms with Gasteiger partial charge in [-0.2, -0.15) is 0 Å². The van der Waals surface area contributed by atoms with E-state index in [1.165, 1.54) is 35.8 Å². The summed E-state index contributed by atoms with van der Waals surface area (Å²) in [6.45, 7) is 5.96. The lowest BCUT2D eigenvalue weighted by molar-refractivity contribution is -0.384. The third-order valence-corrected chi connectivity index (χ3v) is 4.92. The van der Waals surface area contributed by atoms with Crippen molar-refractivity contribution in [1.82, 2.24) is 24.7 Å². The lowest BCUT2D eigenvalue weighted by Crippen LogP contribution is -2.45. The van der Waals surface area contributed by atoms with E-state index in [9.17, 15) is 29.6 Å². The Morgan fingerprint density at radius 2 is 1.69 bits per heavy atom. The number of rotatable bonds is 8. The Balaban J connectivity index is 2.41. The number of aromatic nitrogens is 2. The molecule has 2 heterocycles. The summed E-state index contributed by atoms with van der Waals surface area (Å²) in [5, 5.41) is 25.6. The van der Waals surface area contributed by atoms with E-state index in [0.29, 0.717) is 18.7 Å². The molecule has 32 heavy (non-hydrogen) atoms. The number of nitro groups is 1. The highest BCUT2D eigenvalue weighted by atomic mass is 16.6. The van der Waals surface area contributed by atoms with E-state index in [-0.39, 0.29) is 29.5 Å². The Bertz CT molecular complexity index is 1030. The van der Waals surface area contributed by atoms with Gasteiger partial charge in [-0.25, -0.2) is 4.79 Å². The number of carboxylic acid groups (broad SMARTS) is 1. The summed E-state index contributed by atoms with van der Waals surface area (Å²) in [6.07, 6.45) is 2.20. The van der Waals surface area contributed by atoms with Gasteiger partial charge in [-0.3, -0.25) is 19.7 Å². The van der Waals surface area contributed by atoms with Crippen molar-refractivity contribution < 1.29 is 24.4 Å². The fourth-order valence-electron chi connectivity index (χ4n) is 3.31. The summed E-state index contributed by atoms with van der Waals surface area (Å²) in [4.78, 5) is 48.1. The molecule has 0 aliphatic rings. The molecule has 0 bridgehead atoms. The molecule has 0 saturated heterocycles. The fourth-order valence-corrected chi connectivity index (χ4v) is 3.31. The minimum Gasteiger partial charge on any atom is -0.465 e. The molecule has 0 aliphatic heterocycles. The average Bonchev–Trinajstić information content (AvgIpc) is 3.33. The smallest absolute Gasteiger partial charge is 0.407 e. The molecule has 0 radical (unpaired) electrons. The van der Waals surface area contributed by atoms with Crippen molar-refractivity contribution in [3.8, 4) is 5.69 Å². The van der Waals surface area contributed by atoms with Crippen molar-refractivity contribution in [2.75, 3.05) is 20.6 Å². The summed E-state index contributed by atoms with van der Waals surface area (Å²) in [5.74, 6) is -0.903. The van der Waals surface area contributed by atoms with Gasteiger partial charge < -0.3 is 29.8 Å². The molecule has 3 N–H and O–H groups in total. The number of hydrogen-bond donors (Lipinski definition) is 3. The van der Waals surface area contributed by atoms with Gasteiger partial charge >= 0.3 is 6.09 Å². The van der Waals surface area contributed by atoms with Gasteiger partial charge in [-0.1, -0.05) is 0 Å². The van der Waals surface area contributed by atoms with Crippen molar-refractivity contribution >= 4 is 23.6 Å². The molecule has 3 amide bonds. The second-order valence-electron chi connectivity index (χ2n) is 8.10. The average molecular weight is 448 g/mol. The zero-order valence-corrected chi connectivity index (χ0v) is 18.7. The number of nitrogens with one attached hydrogen (secondary N) is 2. The van der Waals surface area contributed by atoms with Crippen LogP contribution < -0.4 is 10.6 Å². The molecular formula is C20H28N6O6. The molecule has 0 aromatic carbocycles. The quantitative estimate of drug-likeness (QED) is 0.415. The number of nitrogens with zero attached hydrogens (tertiary/aromatic N) is 4. The van der Waals surface area contributed by atoms with E-state index >= 15 is 0 Å². The normalized spacial score (nSPS) is 11.2. The SMILES string of the molecule is CNC(=O)c1cc(-n2cc([N+](=O)[O-])cc2C(=O)NC)cn1CCCN(C(=O)O)C(C)(C)C. The van der Waals surface area contributed by atoms with Gasteiger partial charge in [0.05, 0.1) is 16.8 Å². The minimum atomic E-state index is -1.04. The highest BCUT2D eigenvalue weighted by Gasteiger charge is 2.26. The predicted molar refractivity (Wildman–Crippen MR) is 116 cm³/mol. The van der Waals surface area contributed by atoms with Crippen molar-refractivity contribution in [1.29, 1.82) is 0 Å². The maximum Gasteiger partial charge on any atom is 0.407 e. The van der Waals surface area contributed by atoms with E-state index in [4.69, 9.17) is 0 Å². The van der Waals surface area contributed by atoms with Crippen LogP contribution in [-0.4, -0.2) is 68.2 Å². The minimum absolute atomic E-state index is 0.0459. The molecule has 0 unspecified atom stereocenters. The first-order chi connectivity index (χ1) is 14.9. The molecule has 0 aliphatic carbocycles. The van der Waals surface area contributed by atoms with E-state index in [1.54, 1.807) is 31.5 Å². The molecule has 0 fully saturated rings. The lowest BCUT2D eigenvalue weighted by atomic mass is 10.1. The van der Waals surface area contributed by atoms with Gasteiger partial charge in [0.15, 0.2) is 0 Å². The summed E-state index contributed by atoms with van der Waals surface area (Å²) in [5.41, 5.74) is -0.130. The monoisotopic (exact) mass is 448 g/mol.